The fraction of sp³-hybridized carbons (Fsp3) is 0.207. The number of ketones is 1. The molecule has 1 aliphatic heterocycles. The van der Waals surface area contributed by atoms with E-state index in [1.165, 1.54) is 6.20 Å². The lowest BCUT2D eigenvalue weighted by molar-refractivity contribution is -0.137. The Kier molecular flexibility index (Phi) is 6.23. The minimum Gasteiger partial charge on any atom is -0.291 e. The molecule has 7 nitrogen and oxygen atoms in total. The van der Waals surface area contributed by atoms with E-state index in [-0.39, 0.29) is 37.4 Å². The second-order valence-corrected chi connectivity index (χ2v) is 11.8. The maximum atomic E-state index is 14.1. The maximum Gasteiger partial charge on any atom is 0.416 e. The third-order valence-corrected chi connectivity index (χ3v) is 9.35. The van der Waals surface area contributed by atoms with Crippen molar-refractivity contribution < 1.29 is 26.4 Å². The normalized spacial score (nSPS) is 19.4. The summed E-state index contributed by atoms with van der Waals surface area (Å²) in [5, 5.41) is 4.54. The third kappa shape index (κ3) is 4.35. The van der Waals surface area contributed by atoms with Crippen molar-refractivity contribution in [1.29, 1.82) is 0 Å². The van der Waals surface area contributed by atoms with Crippen molar-refractivity contribution in [2.75, 3.05) is 13.1 Å². The van der Waals surface area contributed by atoms with Crippen LogP contribution in [0.25, 0.3) is 11.8 Å². The largest absolute Gasteiger partial charge is 0.416 e. The van der Waals surface area contributed by atoms with E-state index in [0.29, 0.717) is 6.07 Å². The summed E-state index contributed by atoms with van der Waals surface area (Å²) >= 11 is 0. The maximum absolute atomic E-state index is 14.1. The van der Waals surface area contributed by atoms with E-state index in [1.807, 2.05) is 36.4 Å². The summed E-state index contributed by atoms with van der Waals surface area (Å²) < 4.78 is 70.3. The molecule has 1 saturated heterocycles. The monoisotopic (exact) mass is 564 g/mol. The van der Waals surface area contributed by atoms with Crippen LogP contribution in [0.15, 0.2) is 95.7 Å². The molecule has 0 N–H and O–H groups in total. The quantitative estimate of drug-likeness (QED) is 0.312. The number of hydrogen-bond acceptors (Lipinski definition) is 5. The molecule has 1 atom stereocenters. The van der Waals surface area contributed by atoms with Crippen molar-refractivity contribution in [1.82, 2.24) is 19.1 Å². The third-order valence-electron chi connectivity index (χ3n) is 7.51. The molecule has 2 aromatic carbocycles. The zero-order valence-corrected chi connectivity index (χ0v) is 21.9. The Morgan fingerprint density at radius 3 is 2.48 bits per heavy atom. The number of hydrogen-bond donors (Lipinski definition) is 0. The predicted octanol–water partition coefficient (Wildman–Crippen LogP) is 5.19. The number of Topliss-reactive ketones (excluding diaryl/α,β-unsaturated/α-hetero) is 1. The van der Waals surface area contributed by atoms with E-state index in [9.17, 15) is 26.4 Å². The number of fused-ring (bicyclic) bond motifs is 2. The molecule has 204 valence electrons. The molecule has 1 aliphatic carbocycles. The summed E-state index contributed by atoms with van der Waals surface area (Å²) in [5.74, 6) is -0.346. The Hall–Kier alpha value is -4.09. The van der Waals surface area contributed by atoms with Crippen molar-refractivity contribution in [3.05, 3.63) is 113 Å². The lowest BCUT2D eigenvalue weighted by atomic mass is 9.65. The number of para-hydroxylation sites is 1. The first-order chi connectivity index (χ1) is 19.1. The van der Waals surface area contributed by atoms with Crippen molar-refractivity contribution in [2.24, 2.45) is 5.41 Å². The smallest absolute Gasteiger partial charge is 0.291 e. The van der Waals surface area contributed by atoms with Crippen LogP contribution in [0.2, 0.25) is 0 Å². The summed E-state index contributed by atoms with van der Waals surface area (Å²) in [4.78, 5) is 17.9. The Bertz CT molecular complexity index is 1740. The van der Waals surface area contributed by atoms with Gasteiger partial charge in [0.05, 0.1) is 33.5 Å². The average molecular weight is 565 g/mol. The van der Waals surface area contributed by atoms with E-state index in [2.05, 4.69) is 10.1 Å². The summed E-state index contributed by atoms with van der Waals surface area (Å²) in [5.41, 5.74) is 0.984. The minimum absolute atomic E-state index is 0.0104. The number of rotatable bonds is 5. The number of nitrogens with zero attached hydrogens (tertiary/aromatic N) is 4. The molecule has 0 bridgehead atoms. The fourth-order valence-electron chi connectivity index (χ4n) is 5.52. The number of alkyl halides is 3. The molecule has 4 aromatic rings. The fourth-order valence-corrected chi connectivity index (χ4v) is 7.07. The molecule has 2 aromatic heterocycles. The van der Waals surface area contributed by atoms with E-state index in [4.69, 9.17) is 0 Å². The topological polar surface area (TPSA) is 85.2 Å². The lowest BCUT2D eigenvalue weighted by Crippen LogP contribution is -2.53. The number of carbonyl (C=O) groups excluding carboxylic acids is 1. The van der Waals surface area contributed by atoms with Gasteiger partial charge in [0.15, 0.2) is 5.78 Å². The molecule has 3 heterocycles. The van der Waals surface area contributed by atoms with Gasteiger partial charge in [-0.25, -0.2) is 13.1 Å². The highest BCUT2D eigenvalue weighted by Gasteiger charge is 2.51. The standard InChI is InChI=1S/C29H23F3N4O3S/c30-29(31,32)22-7-6-10-24(15-22)40(38,39)35-14-12-21-16-26-20(18-34-36(26)23-8-2-1-3-9-23)17-28(21,19-35)27(37)25-11-4-5-13-33-25/h1-11,13,15-16,18H,12,14,17,19H2/t28-/m0/s1. The van der Waals surface area contributed by atoms with E-state index in [0.717, 1.165) is 45.0 Å². The van der Waals surface area contributed by atoms with Gasteiger partial charge in [-0.1, -0.05) is 35.9 Å². The van der Waals surface area contributed by atoms with Gasteiger partial charge in [-0.15, -0.1) is 0 Å². The first kappa shape index (κ1) is 26.1. The van der Waals surface area contributed by atoms with Crippen LogP contribution < -0.4 is 0 Å². The van der Waals surface area contributed by atoms with Crippen LogP contribution in [-0.2, 0) is 22.6 Å². The predicted molar refractivity (Wildman–Crippen MR) is 141 cm³/mol. The number of benzene rings is 2. The van der Waals surface area contributed by atoms with Gasteiger partial charge in [0.2, 0.25) is 10.0 Å². The van der Waals surface area contributed by atoms with Crippen LogP contribution >= 0.6 is 0 Å². The Morgan fingerprint density at radius 1 is 0.975 bits per heavy atom. The van der Waals surface area contributed by atoms with E-state index in [1.54, 1.807) is 29.1 Å². The van der Waals surface area contributed by atoms with Gasteiger partial charge >= 0.3 is 6.18 Å². The molecule has 0 saturated carbocycles. The Morgan fingerprint density at radius 2 is 1.75 bits per heavy atom. The highest BCUT2D eigenvalue weighted by Crippen LogP contribution is 2.47. The van der Waals surface area contributed by atoms with E-state index < -0.39 is 32.1 Å². The molecule has 2 aliphatic rings. The Balaban J connectivity index is 1.44. The highest BCUT2D eigenvalue weighted by atomic mass is 32.2. The molecule has 6 rings (SSSR count). The van der Waals surface area contributed by atoms with Crippen LogP contribution in [0.5, 0.6) is 0 Å². The van der Waals surface area contributed by atoms with Gasteiger partial charge < -0.3 is 0 Å². The van der Waals surface area contributed by atoms with Crippen molar-refractivity contribution >= 4 is 21.9 Å². The zero-order valence-electron chi connectivity index (χ0n) is 21.0. The molecule has 0 radical (unpaired) electrons. The van der Waals surface area contributed by atoms with Gasteiger partial charge in [0, 0.05) is 19.3 Å². The molecule has 0 unspecified atom stereocenters. The first-order valence-corrected chi connectivity index (χ1v) is 14.0. The molecule has 11 heteroatoms. The van der Waals surface area contributed by atoms with E-state index >= 15 is 0 Å². The number of carbonyl (C=O) groups is 1. The number of pyridine rings is 1. The van der Waals surface area contributed by atoms with Gasteiger partial charge in [-0.2, -0.15) is 22.6 Å². The van der Waals surface area contributed by atoms with Gasteiger partial charge in [0.25, 0.3) is 0 Å². The molecule has 40 heavy (non-hydrogen) atoms. The zero-order chi connectivity index (χ0) is 28.1. The first-order valence-electron chi connectivity index (χ1n) is 12.6. The van der Waals surface area contributed by atoms with Gasteiger partial charge in [0.1, 0.15) is 5.69 Å². The second kappa shape index (κ2) is 9.53. The van der Waals surface area contributed by atoms with Crippen LogP contribution in [0.1, 0.15) is 33.7 Å². The highest BCUT2D eigenvalue weighted by molar-refractivity contribution is 7.89. The van der Waals surface area contributed by atoms with Crippen LogP contribution in [0.3, 0.4) is 0 Å². The number of sulfonamides is 1. The summed E-state index contributed by atoms with van der Waals surface area (Å²) in [6, 6.07) is 18.1. The lowest BCUT2D eigenvalue weighted by Gasteiger charge is -2.44. The summed E-state index contributed by atoms with van der Waals surface area (Å²) in [6.45, 7) is -0.223. The Labute approximate surface area is 228 Å². The number of halogens is 3. The number of piperidine rings is 1. The second-order valence-electron chi connectivity index (χ2n) is 9.89. The summed E-state index contributed by atoms with van der Waals surface area (Å²) in [6.07, 6.45) is 0.755. The molecule has 1 fully saturated rings. The molecular formula is C29H23F3N4O3S. The minimum atomic E-state index is -4.70. The van der Waals surface area contributed by atoms with Crippen molar-refractivity contribution in [3.8, 4) is 5.69 Å². The molecule has 0 spiro atoms. The van der Waals surface area contributed by atoms with Gasteiger partial charge in [-0.05, 0) is 66.9 Å². The van der Waals surface area contributed by atoms with Crippen LogP contribution in [-0.4, -0.2) is 46.4 Å². The van der Waals surface area contributed by atoms with Crippen LogP contribution in [0, 0.1) is 5.41 Å². The summed E-state index contributed by atoms with van der Waals surface area (Å²) in [7, 11) is -4.35. The van der Waals surface area contributed by atoms with Crippen LogP contribution in [0.4, 0.5) is 13.2 Å². The molecular weight excluding hydrogens is 541 g/mol. The van der Waals surface area contributed by atoms with Crippen molar-refractivity contribution in [3.63, 3.8) is 0 Å². The SMILES string of the molecule is O=C(c1ccccn1)[C@]12Cc3cnn(-c4ccccc4)c3C=C1CCN(S(=O)(=O)c1cccc(C(F)(F)F)c1)C2. The van der Waals surface area contributed by atoms with Gasteiger partial charge in [-0.3, -0.25) is 9.78 Å². The van der Waals surface area contributed by atoms with Crippen molar-refractivity contribution in [2.45, 2.75) is 23.9 Å². The molecule has 0 amide bonds. The number of aromatic nitrogens is 3. The average Bonchev–Trinajstić information content (AvgIpc) is 3.38.